The Hall–Kier alpha value is -2.95. The van der Waals surface area contributed by atoms with Gasteiger partial charge in [0.15, 0.2) is 5.78 Å². The standard InChI is InChI=1S/C17H14N2O3/c1-2-18-11-15(17(20)12-6-4-3-5-7-12)14-10-13(19(21)22)8-9-16(14)18/h3-11H,2H2,1H3. The molecule has 0 saturated heterocycles. The number of hydrogen-bond donors (Lipinski definition) is 0. The Kier molecular flexibility index (Phi) is 3.47. The molecule has 0 aliphatic carbocycles. The third kappa shape index (κ3) is 2.26. The highest BCUT2D eigenvalue weighted by atomic mass is 16.6. The fourth-order valence-corrected chi connectivity index (χ4v) is 2.59. The number of carbonyl (C=O) groups excluding carboxylic acids is 1. The Morgan fingerprint density at radius 3 is 2.55 bits per heavy atom. The Morgan fingerprint density at radius 1 is 1.18 bits per heavy atom. The monoisotopic (exact) mass is 294 g/mol. The van der Waals surface area contributed by atoms with Gasteiger partial charge >= 0.3 is 0 Å². The van der Waals surface area contributed by atoms with Crippen LogP contribution in [0.4, 0.5) is 5.69 Å². The number of carbonyl (C=O) groups is 1. The summed E-state index contributed by atoms with van der Waals surface area (Å²) < 4.78 is 1.93. The van der Waals surface area contributed by atoms with Gasteiger partial charge in [-0.05, 0) is 13.0 Å². The molecule has 0 amide bonds. The summed E-state index contributed by atoms with van der Waals surface area (Å²) in [5.74, 6) is -0.127. The van der Waals surface area contributed by atoms with Crippen LogP contribution in [0.2, 0.25) is 0 Å². The van der Waals surface area contributed by atoms with Gasteiger partial charge in [-0.1, -0.05) is 30.3 Å². The maximum atomic E-state index is 12.7. The summed E-state index contributed by atoms with van der Waals surface area (Å²) in [7, 11) is 0. The average Bonchev–Trinajstić information content (AvgIpc) is 2.92. The zero-order valence-corrected chi connectivity index (χ0v) is 12.0. The first-order chi connectivity index (χ1) is 10.6. The van der Waals surface area contributed by atoms with Crippen molar-refractivity contribution in [2.24, 2.45) is 0 Å². The SMILES string of the molecule is CCn1cc(C(=O)c2ccccc2)c2cc([N+](=O)[O-])ccc21. The molecule has 0 aliphatic rings. The maximum absolute atomic E-state index is 12.7. The number of benzene rings is 2. The van der Waals surface area contributed by atoms with E-state index in [0.29, 0.717) is 23.1 Å². The fourth-order valence-electron chi connectivity index (χ4n) is 2.59. The predicted octanol–water partition coefficient (Wildman–Crippen LogP) is 3.80. The summed E-state index contributed by atoms with van der Waals surface area (Å²) in [6.07, 6.45) is 1.77. The quantitative estimate of drug-likeness (QED) is 0.417. The van der Waals surface area contributed by atoms with Gasteiger partial charge in [-0.2, -0.15) is 0 Å². The Morgan fingerprint density at radius 2 is 1.91 bits per heavy atom. The summed E-state index contributed by atoms with van der Waals surface area (Å²) >= 11 is 0. The lowest BCUT2D eigenvalue weighted by Gasteiger charge is -1.99. The van der Waals surface area contributed by atoms with Crippen molar-refractivity contribution in [2.45, 2.75) is 13.5 Å². The molecule has 2 aromatic carbocycles. The number of nitro groups is 1. The van der Waals surface area contributed by atoms with Crippen molar-refractivity contribution in [3.8, 4) is 0 Å². The van der Waals surface area contributed by atoms with E-state index in [2.05, 4.69) is 0 Å². The van der Waals surface area contributed by atoms with Gasteiger partial charge in [-0.3, -0.25) is 14.9 Å². The van der Waals surface area contributed by atoms with Crippen LogP contribution in [0.1, 0.15) is 22.8 Å². The van der Waals surface area contributed by atoms with Crippen LogP contribution in [0.3, 0.4) is 0 Å². The molecule has 3 aromatic rings. The van der Waals surface area contributed by atoms with Crippen molar-refractivity contribution in [1.29, 1.82) is 0 Å². The van der Waals surface area contributed by atoms with Crippen molar-refractivity contribution in [3.05, 3.63) is 76.0 Å². The van der Waals surface area contributed by atoms with E-state index >= 15 is 0 Å². The predicted molar refractivity (Wildman–Crippen MR) is 84.1 cm³/mol. The smallest absolute Gasteiger partial charge is 0.270 e. The van der Waals surface area contributed by atoms with E-state index in [9.17, 15) is 14.9 Å². The summed E-state index contributed by atoms with van der Waals surface area (Å²) in [6.45, 7) is 2.66. The number of nitro benzene ring substituents is 1. The number of nitrogens with zero attached hydrogens (tertiary/aromatic N) is 2. The number of aromatic nitrogens is 1. The molecule has 0 N–H and O–H groups in total. The van der Waals surface area contributed by atoms with Crippen molar-refractivity contribution < 1.29 is 9.72 Å². The van der Waals surface area contributed by atoms with E-state index in [1.54, 1.807) is 36.5 Å². The second kappa shape index (κ2) is 5.44. The topological polar surface area (TPSA) is 65.1 Å². The van der Waals surface area contributed by atoms with Gasteiger partial charge in [0.05, 0.1) is 4.92 Å². The Labute approximate surface area is 126 Å². The summed E-state index contributed by atoms with van der Waals surface area (Å²) in [6, 6.07) is 13.6. The number of rotatable bonds is 4. The molecule has 5 nitrogen and oxygen atoms in total. The minimum atomic E-state index is -0.445. The van der Waals surface area contributed by atoms with Crippen LogP contribution in [-0.4, -0.2) is 15.3 Å². The number of hydrogen-bond acceptors (Lipinski definition) is 3. The fraction of sp³-hybridized carbons (Fsp3) is 0.118. The number of aryl methyl sites for hydroxylation is 1. The van der Waals surface area contributed by atoms with E-state index < -0.39 is 4.92 Å². The molecule has 0 aliphatic heterocycles. The lowest BCUT2D eigenvalue weighted by Crippen LogP contribution is -2.00. The van der Waals surface area contributed by atoms with Crippen LogP contribution in [0.5, 0.6) is 0 Å². The summed E-state index contributed by atoms with van der Waals surface area (Å²) in [5.41, 5.74) is 1.88. The molecule has 0 radical (unpaired) electrons. The van der Waals surface area contributed by atoms with Crippen molar-refractivity contribution in [3.63, 3.8) is 0 Å². The summed E-state index contributed by atoms with van der Waals surface area (Å²) in [5, 5.41) is 11.6. The first-order valence-electron chi connectivity index (χ1n) is 6.99. The molecule has 0 atom stereocenters. The molecule has 1 aromatic heterocycles. The van der Waals surface area contributed by atoms with Gasteiger partial charge in [-0.25, -0.2) is 0 Å². The Bertz CT molecular complexity index is 866. The van der Waals surface area contributed by atoms with E-state index in [-0.39, 0.29) is 11.5 Å². The normalized spacial score (nSPS) is 10.8. The van der Waals surface area contributed by atoms with Crippen molar-refractivity contribution in [1.82, 2.24) is 4.57 Å². The minimum absolute atomic E-state index is 0.0107. The van der Waals surface area contributed by atoms with Crippen LogP contribution in [0.25, 0.3) is 10.9 Å². The first-order valence-corrected chi connectivity index (χ1v) is 6.99. The van der Waals surface area contributed by atoms with E-state index in [0.717, 1.165) is 5.52 Å². The van der Waals surface area contributed by atoms with E-state index in [4.69, 9.17) is 0 Å². The van der Waals surface area contributed by atoms with Gasteiger partial charge < -0.3 is 4.57 Å². The number of non-ortho nitro benzene ring substituents is 1. The molecule has 0 bridgehead atoms. The van der Waals surface area contributed by atoms with Gasteiger partial charge in [0, 0.05) is 46.9 Å². The van der Waals surface area contributed by atoms with E-state index in [1.165, 1.54) is 12.1 Å². The lowest BCUT2D eigenvalue weighted by molar-refractivity contribution is -0.384. The zero-order valence-electron chi connectivity index (χ0n) is 12.0. The molecule has 0 spiro atoms. The molecule has 0 unspecified atom stereocenters. The van der Waals surface area contributed by atoms with Gasteiger partial charge in [0.2, 0.25) is 0 Å². The van der Waals surface area contributed by atoms with Crippen LogP contribution in [0, 0.1) is 10.1 Å². The minimum Gasteiger partial charge on any atom is -0.347 e. The average molecular weight is 294 g/mol. The van der Waals surface area contributed by atoms with Crippen LogP contribution in [0.15, 0.2) is 54.7 Å². The second-order valence-electron chi connectivity index (χ2n) is 4.98. The van der Waals surface area contributed by atoms with Gasteiger partial charge in [0.25, 0.3) is 5.69 Å². The maximum Gasteiger partial charge on any atom is 0.270 e. The highest BCUT2D eigenvalue weighted by Gasteiger charge is 2.18. The number of fused-ring (bicyclic) bond motifs is 1. The van der Waals surface area contributed by atoms with Crippen LogP contribution in [-0.2, 0) is 6.54 Å². The third-order valence-corrected chi connectivity index (χ3v) is 3.70. The molecule has 1 heterocycles. The molecular weight excluding hydrogens is 280 g/mol. The number of ketones is 1. The molecular formula is C17H14N2O3. The largest absolute Gasteiger partial charge is 0.347 e. The molecule has 22 heavy (non-hydrogen) atoms. The molecule has 0 saturated carbocycles. The molecule has 0 fully saturated rings. The molecule has 110 valence electrons. The Balaban J connectivity index is 2.22. The summed E-state index contributed by atoms with van der Waals surface area (Å²) in [4.78, 5) is 23.2. The van der Waals surface area contributed by atoms with Crippen molar-refractivity contribution in [2.75, 3.05) is 0 Å². The van der Waals surface area contributed by atoms with E-state index in [1.807, 2.05) is 17.6 Å². The van der Waals surface area contributed by atoms with Crippen molar-refractivity contribution >= 4 is 22.4 Å². The van der Waals surface area contributed by atoms with Crippen LogP contribution < -0.4 is 0 Å². The first kappa shape index (κ1) is 14.0. The zero-order chi connectivity index (χ0) is 15.7. The van der Waals surface area contributed by atoms with Gasteiger partial charge in [-0.15, -0.1) is 0 Å². The lowest BCUT2D eigenvalue weighted by atomic mass is 10.0. The van der Waals surface area contributed by atoms with Gasteiger partial charge in [0.1, 0.15) is 0 Å². The molecule has 3 rings (SSSR count). The van der Waals surface area contributed by atoms with Crippen LogP contribution >= 0.6 is 0 Å². The highest BCUT2D eigenvalue weighted by molar-refractivity contribution is 6.16. The third-order valence-electron chi connectivity index (χ3n) is 3.70. The molecule has 5 heteroatoms. The highest BCUT2D eigenvalue weighted by Crippen LogP contribution is 2.27. The second-order valence-corrected chi connectivity index (χ2v) is 4.98.